The third-order valence-electron chi connectivity index (χ3n) is 0.576. The van der Waals surface area contributed by atoms with Crippen molar-refractivity contribution in [2.75, 3.05) is 0 Å². The second-order valence-corrected chi connectivity index (χ2v) is 1.20. The Balaban J connectivity index is -0.000000138. The molecule has 0 heterocycles. The summed E-state index contributed by atoms with van der Waals surface area (Å²) in [6.07, 6.45) is 6.66. The molecule has 0 aromatic carbocycles. The van der Waals surface area contributed by atoms with Crippen molar-refractivity contribution in [2.45, 2.75) is 34.1 Å². The van der Waals surface area contributed by atoms with Crippen molar-refractivity contribution in [3.8, 4) is 0 Å². The van der Waals surface area contributed by atoms with E-state index in [1.165, 1.54) is 0 Å². The maximum atomic E-state index is 3.86. The van der Waals surface area contributed by atoms with Crippen molar-refractivity contribution in [2.24, 2.45) is 4.99 Å². The van der Waals surface area contributed by atoms with Gasteiger partial charge in [-0.25, -0.2) is 0 Å². The number of rotatable bonds is 2. The lowest BCUT2D eigenvalue weighted by molar-refractivity contribution is 1.21. The standard InChI is InChI=1S/C6H11N.C2H6.C2H4/c1-3-5-6-7-4-2;2*1-2/h4-6H,3H2,1-2H3;1-2H3;1-2H2/b6-5-,7-4?;;. The van der Waals surface area contributed by atoms with Gasteiger partial charge in [-0.05, 0) is 13.3 Å². The second kappa shape index (κ2) is 35.3. The van der Waals surface area contributed by atoms with Gasteiger partial charge in [0.2, 0.25) is 0 Å². The zero-order valence-corrected chi connectivity index (χ0v) is 8.30. The summed E-state index contributed by atoms with van der Waals surface area (Å²) in [5.74, 6) is 0. The second-order valence-electron chi connectivity index (χ2n) is 1.20. The first-order chi connectivity index (χ1) is 5.41. The lowest BCUT2D eigenvalue weighted by Gasteiger charge is -1.71. The highest BCUT2D eigenvalue weighted by molar-refractivity contribution is 5.54. The first kappa shape index (κ1) is 16.6. The van der Waals surface area contributed by atoms with E-state index in [9.17, 15) is 0 Å². The van der Waals surface area contributed by atoms with E-state index in [1.54, 1.807) is 12.4 Å². The molecule has 11 heavy (non-hydrogen) atoms. The van der Waals surface area contributed by atoms with Crippen LogP contribution in [-0.2, 0) is 0 Å². The van der Waals surface area contributed by atoms with Crippen LogP contribution in [0.15, 0.2) is 30.4 Å². The minimum atomic E-state index is 1.07. The summed E-state index contributed by atoms with van der Waals surface area (Å²) in [5.41, 5.74) is 0. The van der Waals surface area contributed by atoms with Gasteiger partial charge in [0.05, 0.1) is 0 Å². The number of aliphatic imine (C=N–C) groups is 1. The molecule has 0 saturated carbocycles. The van der Waals surface area contributed by atoms with Gasteiger partial charge in [-0.3, -0.25) is 4.99 Å². The van der Waals surface area contributed by atoms with E-state index in [0.717, 1.165) is 6.42 Å². The van der Waals surface area contributed by atoms with Gasteiger partial charge >= 0.3 is 0 Å². The van der Waals surface area contributed by atoms with Gasteiger partial charge in [0.15, 0.2) is 0 Å². The number of hydrogen-bond donors (Lipinski definition) is 0. The minimum Gasteiger partial charge on any atom is -0.270 e. The van der Waals surface area contributed by atoms with Gasteiger partial charge in [-0.1, -0.05) is 26.8 Å². The van der Waals surface area contributed by atoms with Crippen LogP contribution in [0.3, 0.4) is 0 Å². The highest BCUT2D eigenvalue weighted by atomic mass is 14.6. The van der Waals surface area contributed by atoms with E-state index in [0.29, 0.717) is 0 Å². The fourth-order valence-electron chi connectivity index (χ4n) is 0.252. The van der Waals surface area contributed by atoms with Crippen molar-refractivity contribution in [3.05, 3.63) is 25.4 Å². The van der Waals surface area contributed by atoms with Crippen LogP contribution in [0, 0.1) is 0 Å². The molecule has 1 nitrogen and oxygen atoms in total. The zero-order valence-electron chi connectivity index (χ0n) is 8.30. The zero-order chi connectivity index (χ0) is 9.54. The first-order valence-electron chi connectivity index (χ1n) is 4.04. The predicted molar refractivity (Wildman–Crippen MR) is 56.2 cm³/mol. The van der Waals surface area contributed by atoms with E-state index < -0.39 is 0 Å². The van der Waals surface area contributed by atoms with Gasteiger partial charge in [0.25, 0.3) is 0 Å². The Morgan fingerprint density at radius 2 is 1.73 bits per heavy atom. The molecule has 0 bridgehead atoms. The van der Waals surface area contributed by atoms with Crippen molar-refractivity contribution in [1.82, 2.24) is 0 Å². The molecule has 0 unspecified atom stereocenters. The summed E-state index contributed by atoms with van der Waals surface area (Å²) < 4.78 is 0. The largest absolute Gasteiger partial charge is 0.270 e. The van der Waals surface area contributed by atoms with Crippen LogP contribution >= 0.6 is 0 Å². The molecule has 0 radical (unpaired) electrons. The molecular formula is C10H21N. The lowest BCUT2D eigenvalue weighted by Crippen LogP contribution is -1.53. The molecule has 0 N–H and O–H groups in total. The molecule has 0 aromatic rings. The van der Waals surface area contributed by atoms with Crippen molar-refractivity contribution in [3.63, 3.8) is 0 Å². The molecule has 0 aliphatic carbocycles. The van der Waals surface area contributed by atoms with Gasteiger partial charge in [-0.2, -0.15) is 0 Å². The molecule has 0 aliphatic heterocycles. The Morgan fingerprint density at radius 3 is 2.00 bits per heavy atom. The molecule has 66 valence electrons. The highest BCUT2D eigenvalue weighted by Crippen LogP contribution is 1.77. The normalized spacial score (nSPS) is 8.36. The van der Waals surface area contributed by atoms with Crippen LogP contribution in [0.4, 0.5) is 0 Å². The van der Waals surface area contributed by atoms with Gasteiger partial charge in [0, 0.05) is 12.4 Å². The van der Waals surface area contributed by atoms with Crippen LogP contribution < -0.4 is 0 Å². The number of nitrogens with zero attached hydrogens (tertiary/aromatic N) is 1. The Bertz CT molecular complexity index is 82.9. The SMILES string of the molecule is C=C.CC.CC=N/C=C\CC. The Kier molecular flexibility index (Phi) is 53.3. The number of hydrogen-bond acceptors (Lipinski definition) is 1. The molecule has 0 aromatic heterocycles. The summed E-state index contributed by atoms with van der Waals surface area (Å²) in [6.45, 7) is 14.0. The summed E-state index contributed by atoms with van der Waals surface area (Å²) in [4.78, 5) is 3.86. The Morgan fingerprint density at radius 1 is 1.27 bits per heavy atom. The summed E-state index contributed by atoms with van der Waals surface area (Å²) in [5, 5.41) is 0. The quantitative estimate of drug-likeness (QED) is 0.424. The summed E-state index contributed by atoms with van der Waals surface area (Å²) in [7, 11) is 0. The van der Waals surface area contributed by atoms with E-state index in [2.05, 4.69) is 25.1 Å². The van der Waals surface area contributed by atoms with Crippen LogP contribution in [0.5, 0.6) is 0 Å². The molecule has 0 atom stereocenters. The van der Waals surface area contributed by atoms with Crippen molar-refractivity contribution in [1.29, 1.82) is 0 Å². The average Bonchev–Trinajstić information content (AvgIpc) is 2.13. The van der Waals surface area contributed by atoms with Crippen LogP contribution in [0.25, 0.3) is 0 Å². The Labute approximate surface area is 71.6 Å². The van der Waals surface area contributed by atoms with E-state index in [1.807, 2.05) is 26.8 Å². The maximum absolute atomic E-state index is 3.86. The fraction of sp³-hybridized carbons (Fsp3) is 0.500. The maximum Gasteiger partial charge on any atom is 0.0223 e. The number of allylic oxidation sites excluding steroid dienone is 1. The predicted octanol–water partition coefficient (Wildman–Crippen LogP) is 3.83. The van der Waals surface area contributed by atoms with E-state index >= 15 is 0 Å². The van der Waals surface area contributed by atoms with Gasteiger partial charge < -0.3 is 0 Å². The van der Waals surface area contributed by atoms with Crippen LogP contribution in [0.1, 0.15) is 34.1 Å². The first-order valence-corrected chi connectivity index (χ1v) is 4.04. The van der Waals surface area contributed by atoms with E-state index in [4.69, 9.17) is 0 Å². The molecule has 0 aliphatic rings. The minimum absolute atomic E-state index is 1.07. The molecule has 0 saturated heterocycles. The average molecular weight is 155 g/mol. The van der Waals surface area contributed by atoms with Crippen molar-refractivity contribution < 1.29 is 0 Å². The van der Waals surface area contributed by atoms with Crippen molar-refractivity contribution >= 4 is 6.21 Å². The topological polar surface area (TPSA) is 12.4 Å². The molecule has 0 amide bonds. The van der Waals surface area contributed by atoms with Crippen LogP contribution in [-0.4, -0.2) is 6.21 Å². The highest BCUT2D eigenvalue weighted by Gasteiger charge is 1.58. The summed E-state index contributed by atoms with van der Waals surface area (Å²) >= 11 is 0. The molecule has 0 rings (SSSR count). The monoisotopic (exact) mass is 155 g/mol. The van der Waals surface area contributed by atoms with Gasteiger partial charge in [0.1, 0.15) is 0 Å². The molecule has 1 heteroatoms. The lowest BCUT2D eigenvalue weighted by atomic mass is 10.5. The molecule has 0 spiro atoms. The fourth-order valence-corrected chi connectivity index (χ4v) is 0.252. The third-order valence-corrected chi connectivity index (χ3v) is 0.576. The third kappa shape index (κ3) is 47.1. The van der Waals surface area contributed by atoms with E-state index in [-0.39, 0.29) is 0 Å². The van der Waals surface area contributed by atoms with Crippen LogP contribution in [0.2, 0.25) is 0 Å². The Hall–Kier alpha value is -0.850. The smallest absolute Gasteiger partial charge is 0.0223 e. The van der Waals surface area contributed by atoms with Gasteiger partial charge in [-0.15, -0.1) is 13.2 Å². The molecular weight excluding hydrogens is 134 g/mol. The molecule has 0 fully saturated rings. The summed E-state index contributed by atoms with van der Waals surface area (Å²) in [6, 6.07) is 0.